The lowest BCUT2D eigenvalue weighted by Crippen LogP contribution is -1.82. The predicted molar refractivity (Wildman–Crippen MR) is 75.9 cm³/mol. The van der Waals surface area contributed by atoms with Crippen LogP contribution in [0.2, 0.25) is 0 Å². The first kappa shape index (κ1) is 11.1. The van der Waals surface area contributed by atoms with Crippen molar-refractivity contribution in [3.63, 3.8) is 0 Å². The Kier molecular flexibility index (Phi) is 2.48. The minimum Gasteiger partial charge on any atom is -0.456 e. The number of benzene rings is 2. The molecule has 0 saturated heterocycles. The maximum Gasteiger partial charge on any atom is 0.135 e. The summed E-state index contributed by atoms with van der Waals surface area (Å²) in [6.45, 7) is 6.33. The van der Waals surface area contributed by atoms with Gasteiger partial charge in [0.15, 0.2) is 0 Å². The van der Waals surface area contributed by atoms with Crippen molar-refractivity contribution in [2.24, 2.45) is 0 Å². The van der Waals surface area contributed by atoms with Crippen LogP contribution in [0, 0.1) is 20.8 Å². The smallest absolute Gasteiger partial charge is 0.135 e. The molecule has 18 heavy (non-hydrogen) atoms. The summed E-state index contributed by atoms with van der Waals surface area (Å²) in [6.07, 6.45) is 0. The van der Waals surface area contributed by atoms with Gasteiger partial charge in [-0.25, -0.2) is 0 Å². The van der Waals surface area contributed by atoms with E-state index in [4.69, 9.17) is 4.42 Å². The number of fused-ring (bicyclic) bond motifs is 1. The van der Waals surface area contributed by atoms with Crippen LogP contribution in [0.5, 0.6) is 0 Å². The van der Waals surface area contributed by atoms with Gasteiger partial charge in [0.1, 0.15) is 11.3 Å². The van der Waals surface area contributed by atoms with E-state index in [0.717, 1.165) is 11.3 Å². The molecule has 0 aliphatic carbocycles. The molecular formula is C17H16O. The van der Waals surface area contributed by atoms with E-state index >= 15 is 0 Å². The molecule has 0 aliphatic rings. The van der Waals surface area contributed by atoms with Gasteiger partial charge in [0.25, 0.3) is 0 Å². The number of aryl methyl sites for hydroxylation is 3. The van der Waals surface area contributed by atoms with Crippen molar-refractivity contribution in [3.8, 4) is 11.3 Å². The van der Waals surface area contributed by atoms with E-state index in [1.165, 1.54) is 27.6 Å². The van der Waals surface area contributed by atoms with Gasteiger partial charge < -0.3 is 4.42 Å². The Hall–Kier alpha value is -2.02. The van der Waals surface area contributed by atoms with Crippen LogP contribution in [0.25, 0.3) is 22.3 Å². The standard InChI is InChI=1S/C17H16O/c1-11-5-7-16-14(8-11)10-17(18-16)15-9-12(2)4-6-13(15)3/h4-10H,1-3H3. The lowest BCUT2D eigenvalue weighted by molar-refractivity contribution is 0.631. The van der Waals surface area contributed by atoms with Crippen LogP contribution in [0.4, 0.5) is 0 Å². The van der Waals surface area contributed by atoms with Gasteiger partial charge in [-0.2, -0.15) is 0 Å². The summed E-state index contributed by atoms with van der Waals surface area (Å²) < 4.78 is 5.94. The van der Waals surface area contributed by atoms with Crippen molar-refractivity contribution in [3.05, 3.63) is 59.2 Å². The first-order valence-electron chi connectivity index (χ1n) is 6.21. The van der Waals surface area contributed by atoms with Crippen LogP contribution < -0.4 is 0 Å². The molecule has 0 saturated carbocycles. The molecule has 1 nitrogen and oxygen atoms in total. The molecule has 0 aliphatic heterocycles. The molecule has 0 unspecified atom stereocenters. The third-order valence-electron chi connectivity index (χ3n) is 3.33. The first-order chi connectivity index (χ1) is 8.63. The van der Waals surface area contributed by atoms with Gasteiger partial charge in [-0.15, -0.1) is 0 Å². The number of furan rings is 1. The van der Waals surface area contributed by atoms with E-state index in [-0.39, 0.29) is 0 Å². The summed E-state index contributed by atoms with van der Waals surface area (Å²) in [7, 11) is 0. The summed E-state index contributed by atoms with van der Waals surface area (Å²) in [6, 6.07) is 14.9. The zero-order chi connectivity index (χ0) is 12.7. The predicted octanol–water partition coefficient (Wildman–Crippen LogP) is 5.03. The molecule has 1 heterocycles. The summed E-state index contributed by atoms with van der Waals surface area (Å²) in [5.74, 6) is 0.955. The molecule has 0 spiro atoms. The van der Waals surface area contributed by atoms with Crippen molar-refractivity contribution < 1.29 is 4.42 Å². The normalized spacial score (nSPS) is 11.1. The van der Waals surface area contributed by atoms with E-state index in [2.05, 4.69) is 57.2 Å². The quantitative estimate of drug-likeness (QED) is 0.578. The van der Waals surface area contributed by atoms with Gasteiger partial charge in [0, 0.05) is 10.9 Å². The van der Waals surface area contributed by atoms with Crippen molar-refractivity contribution in [1.82, 2.24) is 0 Å². The van der Waals surface area contributed by atoms with Crippen LogP contribution in [0.3, 0.4) is 0 Å². The highest BCUT2D eigenvalue weighted by Gasteiger charge is 2.08. The molecule has 0 radical (unpaired) electrons. The highest BCUT2D eigenvalue weighted by molar-refractivity contribution is 5.84. The monoisotopic (exact) mass is 236 g/mol. The molecule has 0 atom stereocenters. The molecule has 0 bridgehead atoms. The highest BCUT2D eigenvalue weighted by atomic mass is 16.3. The average Bonchev–Trinajstić information content (AvgIpc) is 2.74. The fourth-order valence-corrected chi connectivity index (χ4v) is 2.30. The maximum absolute atomic E-state index is 5.94. The molecule has 1 heteroatoms. The average molecular weight is 236 g/mol. The lowest BCUT2D eigenvalue weighted by Gasteiger charge is -2.03. The summed E-state index contributed by atoms with van der Waals surface area (Å²) in [4.78, 5) is 0. The third-order valence-corrected chi connectivity index (χ3v) is 3.33. The third kappa shape index (κ3) is 1.82. The Morgan fingerprint density at radius 1 is 0.778 bits per heavy atom. The van der Waals surface area contributed by atoms with Crippen LogP contribution in [-0.4, -0.2) is 0 Å². The second kappa shape index (κ2) is 4.02. The van der Waals surface area contributed by atoms with Gasteiger partial charge in [0.05, 0.1) is 0 Å². The van der Waals surface area contributed by atoms with E-state index in [1.807, 2.05) is 6.07 Å². The minimum absolute atomic E-state index is 0.955. The fourth-order valence-electron chi connectivity index (χ4n) is 2.30. The molecule has 2 aromatic carbocycles. The van der Waals surface area contributed by atoms with Crippen molar-refractivity contribution in [1.29, 1.82) is 0 Å². The molecule has 0 fully saturated rings. The van der Waals surface area contributed by atoms with Crippen LogP contribution in [0.1, 0.15) is 16.7 Å². The summed E-state index contributed by atoms with van der Waals surface area (Å²) >= 11 is 0. The van der Waals surface area contributed by atoms with Crippen molar-refractivity contribution >= 4 is 11.0 Å². The Balaban J connectivity index is 2.22. The zero-order valence-corrected chi connectivity index (χ0v) is 10.9. The first-order valence-corrected chi connectivity index (χ1v) is 6.21. The topological polar surface area (TPSA) is 13.1 Å². The molecule has 90 valence electrons. The van der Waals surface area contributed by atoms with Crippen LogP contribution in [0.15, 0.2) is 46.9 Å². The SMILES string of the molecule is Cc1ccc(C)c(-c2cc3cc(C)ccc3o2)c1. The van der Waals surface area contributed by atoms with Crippen LogP contribution in [-0.2, 0) is 0 Å². The van der Waals surface area contributed by atoms with Gasteiger partial charge >= 0.3 is 0 Å². The largest absolute Gasteiger partial charge is 0.456 e. The second-order valence-electron chi connectivity index (χ2n) is 4.97. The summed E-state index contributed by atoms with van der Waals surface area (Å²) in [5.41, 5.74) is 5.90. The van der Waals surface area contributed by atoms with Crippen molar-refractivity contribution in [2.75, 3.05) is 0 Å². The number of rotatable bonds is 1. The maximum atomic E-state index is 5.94. The van der Waals surface area contributed by atoms with Crippen LogP contribution >= 0.6 is 0 Å². The Morgan fingerprint density at radius 2 is 1.50 bits per heavy atom. The minimum atomic E-state index is 0.955. The molecule has 3 rings (SSSR count). The Bertz CT molecular complexity index is 720. The highest BCUT2D eigenvalue weighted by Crippen LogP contribution is 2.30. The Labute approximate surface area is 107 Å². The second-order valence-corrected chi connectivity index (χ2v) is 4.97. The molecular weight excluding hydrogens is 220 g/mol. The molecule has 0 amide bonds. The van der Waals surface area contributed by atoms with Gasteiger partial charge in [-0.3, -0.25) is 0 Å². The molecule has 0 N–H and O–H groups in total. The lowest BCUT2D eigenvalue weighted by atomic mass is 10.0. The summed E-state index contributed by atoms with van der Waals surface area (Å²) in [5, 5.41) is 1.17. The van der Waals surface area contributed by atoms with Gasteiger partial charge in [-0.05, 0) is 50.6 Å². The number of hydrogen-bond donors (Lipinski definition) is 0. The van der Waals surface area contributed by atoms with Gasteiger partial charge in [0.2, 0.25) is 0 Å². The van der Waals surface area contributed by atoms with Gasteiger partial charge in [-0.1, -0.05) is 29.3 Å². The van der Waals surface area contributed by atoms with Crippen molar-refractivity contribution in [2.45, 2.75) is 20.8 Å². The molecule has 1 aromatic heterocycles. The van der Waals surface area contributed by atoms with E-state index < -0.39 is 0 Å². The molecule has 3 aromatic rings. The Morgan fingerprint density at radius 3 is 2.33 bits per heavy atom. The van der Waals surface area contributed by atoms with E-state index in [1.54, 1.807) is 0 Å². The van der Waals surface area contributed by atoms with E-state index in [0.29, 0.717) is 0 Å². The fraction of sp³-hybridized carbons (Fsp3) is 0.176. The van der Waals surface area contributed by atoms with E-state index in [9.17, 15) is 0 Å². The zero-order valence-electron chi connectivity index (χ0n) is 10.9. The number of hydrogen-bond acceptors (Lipinski definition) is 1.